The predicted molar refractivity (Wildman–Crippen MR) is 234 cm³/mol. The fourth-order valence-electron chi connectivity index (χ4n) is 8.92. The predicted octanol–water partition coefficient (Wildman–Crippen LogP) is 7.64. The molecule has 7 heterocycles. The van der Waals surface area contributed by atoms with Gasteiger partial charge in [-0.15, -0.1) is 0 Å². The van der Waals surface area contributed by atoms with Gasteiger partial charge < -0.3 is 39.4 Å². The van der Waals surface area contributed by atoms with Crippen molar-refractivity contribution in [2.45, 2.75) is 90.3 Å². The number of hydrogen-bond acceptors (Lipinski definition) is 13. The van der Waals surface area contributed by atoms with E-state index in [-0.39, 0.29) is 12.2 Å². The summed E-state index contributed by atoms with van der Waals surface area (Å²) in [5, 5.41) is 8.11. The highest BCUT2D eigenvalue weighted by Gasteiger charge is 2.29. The number of imidazole rings is 1. The molecule has 0 amide bonds. The number of ether oxygens (including phenoxy) is 4. The topological polar surface area (TPSA) is 127 Å². The molecule has 1 aromatic carbocycles. The lowest BCUT2D eigenvalue weighted by Crippen LogP contribution is -2.43. The molecular weight excluding hydrogens is 745 g/mol. The number of nitrogens with one attached hydrogen (secondary N) is 2. The number of rotatable bonds is 18. The van der Waals surface area contributed by atoms with Gasteiger partial charge in [-0.1, -0.05) is 0 Å². The minimum absolute atomic E-state index is 0.217. The number of benzene rings is 1. The first-order valence-electron chi connectivity index (χ1n) is 21.7. The summed E-state index contributed by atoms with van der Waals surface area (Å²) in [5.74, 6) is 4.96. The average Bonchev–Trinajstić information content (AvgIpc) is 4.03. The number of fused-ring (bicyclic) bond motifs is 2. The number of likely N-dealkylation sites (tertiary alicyclic amines) is 2. The summed E-state index contributed by atoms with van der Waals surface area (Å²) >= 11 is 0. The minimum atomic E-state index is 0.217. The van der Waals surface area contributed by atoms with Crippen molar-refractivity contribution in [3.8, 4) is 17.4 Å². The third-order valence-electron chi connectivity index (χ3n) is 11.8. The molecule has 0 bridgehead atoms. The van der Waals surface area contributed by atoms with Crippen LogP contribution in [0.5, 0.6) is 17.4 Å². The van der Waals surface area contributed by atoms with Gasteiger partial charge in [0.05, 0.1) is 32.0 Å². The third-order valence-corrected chi connectivity index (χ3v) is 11.8. The van der Waals surface area contributed by atoms with E-state index < -0.39 is 0 Å². The second-order valence-corrected chi connectivity index (χ2v) is 16.6. The van der Waals surface area contributed by atoms with Crippen molar-refractivity contribution < 1.29 is 18.9 Å². The Morgan fingerprint density at radius 3 is 2.51 bits per heavy atom. The molecule has 14 heteroatoms. The van der Waals surface area contributed by atoms with Gasteiger partial charge in [-0.25, -0.2) is 15.0 Å². The van der Waals surface area contributed by atoms with Gasteiger partial charge in [0.1, 0.15) is 17.3 Å². The minimum Gasteiger partial charge on any atom is -0.493 e. The Labute approximate surface area is 348 Å². The molecule has 4 aromatic heterocycles. The fourth-order valence-corrected chi connectivity index (χ4v) is 8.92. The van der Waals surface area contributed by atoms with E-state index in [9.17, 15) is 0 Å². The maximum absolute atomic E-state index is 6.46. The third kappa shape index (κ3) is 9.93. The largest absolute Gasteiger partial charge is 0.493 e. The summed E-state index contributed by atoms with van der Waals surface area (Å²) in [5.41, 5.74) is 4.76. The van der Waals surface area contributed by atoms with Gasteiger partial charge in [0, 0.05) is 99.4 Å². The number of aryl methyl sites for hydroxylation is 1. The second kappa shape index (κ2) is 19.0. The van der Waals surface area contributed by atoms with Crippen LogP contribution in [0.3, 0.4) is 0 Å². The monoisotopic (exact) mass is 806 g/mol. The zero-order chi connectivity index (χ0) is 40.7. The van der Waals surface area contributed by atoms with E-state index in [1.165, 1.54) is 31.5 Å². The van der Waals surface area contributed by atoms with Crippen molar-refractivity contribution in [1.82, 2.24) is 34.1 Å². The second-order valence-electron chi connectivity index (χ2n) is 16.6. The number of pyridine rings is 2. The van der Waals surface area contributed by atoms with Crippen LogP contribution in [0, 0.1) is 6.92 Å². The summed E-state index contributed by atoms with van der Waals surface area (Å²) in [7, 11) is 3.85. The lowest BCUT2D eigenvalue weighted by molar-refractivity contribution is 0.0856. The summed E-state index contributed by atoms with van der Waals surface area (Å²) < 4.78 is 26.3. The number of methoxy groups -OCH3 is 1. The van der Waals surface area contributed by atoms with Crippen LogP contribution in [0.25, 0.3) is 16.6 Å². The molecule has 8 rings (SSSR count). The van der Waals surface area contributed by atoms with E-state index in [1.807, 2.05) is 29.7 Å². The highest BCUT2D eigenvalue weighted by molar-refractivity contribution is 5.88. The van der Waals surface area contributed by atoms with Crippen molar-refractivity contribution in [2.75, 3.05) is 88.8 Å². The number of anilines is 4. The average molecular weight is 807 g/mol. The molecular formula is C45H62N10O4. The zero-order valence-electron chi connectivity index (χ0n) is 35.6. The van der Waals surface area contributed by atoms with Gasteiger partial charge in [-0.05, 0) is 109 Å². The Morgan fingerprint density at radius 1 is 0.881 bits per heavy atom. The molecule has 3 aliphatic heterocycles. The normalized spacial score (nSPS) is 18.0. The van der Waals surface area contributed by atoms with Gasteiger partial charge in [0.15, 0.2) is 11.5 Å². The van der Waals surface area contributed by atoms with E-state index in [2.05, 4.69) is 75.5 Å². The fraction of sp³-hybridized carbons (Fsp3) is 0.556. The SMILES string of the molecule is COc1cc2c(C3CCOCC3)cc(NC(C)C)nc2cc1OCCCN1CCCC1N(C)c1cc(C)nc(Nc2cc(OCCCN3CCCC3)n3ccnc3c2)n1. The first kappa shape index (κ1) is 40.8. The molecule has 0 radical (unpaired) electrons. The van der Waals surface area contributed by atoms with Crippen LogP contribution in [0.4, 0.5) is 23.3 Å². The number of aromatic nitrogens is 5. The van der Waals surface area contributed by atoms with Crippen molar-refractivity contribution in [3.05, 3.63) is 60.0 Å². The van der Waals surface area contributed by atoms with Crippen LogP contribution in [0.1, 0.15) is 82.4 Å². The first-order chi connectivity index (χ1) is 28.8. The number of nitrogens with zero attached hydrogens (tertiary/aromatic N) is 8. The van der Waals surface area contributed by atoms with Crippen LogP contribution in [-0.2, 0) is 4.74 Å². The van der Waals surface area contributed by atoms with Crippen molar-refractivity contribution in [1.29, 1.82) is 0 Å². The molecule has 3 aliphatic rings. The highest BCUT2D eigenvalue weighted by atomic mass is 16.5. The molecule has 1 atom stereocenters. The molecule has 3 fully saturated rings. The van der Waals surface area contributed by atoms with Gasteiger partial charge in [-0.2, -0.15) is 4.98 Å². The van der Waals surface area contributed by atoms with Crippen LogP contribution in [0.15, 0.2) is 48.8 Å². The maximum Gasteiger partial charge on any atom is 0.229 e. The Balaban J connectivity index is 0.902. The Morgan fingerprint density at radius 2 is 1.69 bits per heavy atom. The van der Waals surface area contributed by atoms with E-state index >= 15 is 0 Å². The van der Waals surface area contributed by atoms with Gasteiger partial charge in [0.2, 0.25) is 11.8 Å². The van der Waals surface area contributed by atoms with Crippen molar-refractivity contribution in [3.63, 3.8) is 0 Å². The molecule has 316 valence electrons. The van der Waals surface area contributed by atoms with E-state index in [0.717, 1.165) is 128 Å². The molecule has 59 heavy (non-hydrogen) atoms. The molecule has 14 nitrogen and oxygen atoms in total. The zero-order valence-corrected chi connectivity index (χ0v) is 35.6. The first-order valence-corrected chi connectivity index (χ1v) is 21.7. The molecule has 3 saturated heterocycles. The van der Waals surface area contributed by atoms with Crippen LogP contribution < -0.4 is 29.7 Å². The summed E-state index contributed by atoms with van der Waals surface area (Å²) in [6.07, 6.45) is 12.6. The summed E-state index contributed by atoms with van der Waals surface area (Å²) in [6.45, 7) is 14.5. The summed E-state index contributed by atoms with van der Waals surface area (Å²) in [6, 6.07) is 12.7. The van der Waals surface area contributed by atoms with E-state index in [1.54, 1.807) is 13.3 Å². The Bertz CT molecular complexity index is 2170. The van der Waals surface area contributed by atoms with E-state index in [4.69, 9.17) is 33.9 Å². The molecule has 2 N–H and O–H groups in total. The van der Waals surface area contributed by atoms with Crippen LogP contribution >= 0.6 is 0 Å². The van der Waals surface area contributed by atoms with Gasteiger partial charge >= 0.3 is 0 Å². The maximum atomic E-state index is 6.46. The Kier molecular flexibility index (Phi) is 13.1. The van der Waals surface area contributed by atoms with Gasteiger partial charge in [0.25, 0.3) is 0 Å². The van der Waals surface area contributed by atoms with Gasteiger partial charge in [-0.3, -0.25) is 9.30 Å². The smallest absolute Gasteiger partial charge is 0.229 e. The molecule has 5 aromatic rings. The lowest BCUT2D eigenvalue weighted by Gasteiger charge is -2.33. The van der Waals surface area contributed by atoms with Crippen LogP contribution in [-0.4, -0.2) is 120 Å². The lowest BCUT2D eigenvalue weighted by atomic mass is 9.89. The molecule has 0 saturated carbocycles. The molecule has 1 unspecified atom stereocenters. The van der Waals surface area contributed by atoms with E-state index in [0.29, 0.717) is 25.1 Å². The Hall–Kier alpha value is -4.92. The van der Waals surface area contributed by atoms with Crippen LogP contribution in [0.2, 0.25) is 0 Å². The summed E-state index contributed by atoms with van der Waals surface area (Å²) in [4.78, 5) is 26.7. The molecule has 0 aliphatic carbocycles. The standard InChI is InChI=1S/C45H62N10O4/c1-31(2)47-40-29-35(33-12-23-57-24-13-33)36-28-38(56-5)39(30-37(36)50-40)58-21-10-19-54-18-8-11-43(54)52(4)42-25-32(3)48-45(51-42)49-34-26-41-46-14-20-55(41)44(27-34)59-22-9-17-53-15-6-7-16-53/h14,20,25-31,33,43H,6-13,15-19,21-24H2,1-5H3,(H,47,50)(H,48,49,51). The van der Waals surface area contributed by atoms with Crippen molar-refractivity contribution in [2.24, 2.45) is 0 Å². The highest BCUT2D eigenvalue weighted by Crippen LogP contribution is 2.39. The van der Waals surface area contributed by atoms with Crippen molar-refractivity contribution >= 4 is 39.8 Å². The number of hydrogen-bond donors (Lipinski definition) is 2. The quantitative estimate of drug-likeness (QED) is 0.0844. The molecule has 0 spiro atoms.